The van der Waals surface area contributed by atoms with Crippen LogP contribution in [0.15, 0.2) is 41.2 Å². The van der Waals surface area contributed by atoms with E-state index in [2.05, 4.69) is 20.6 Å². The second kappa shape index (κ2) is 6.78. The maximum atomic E-state index is 12.4. The molecule has 1 aromatic carbocycles. The number of nitrogens with one attached hydrogen (secondary N) is 3. The Morgan fingerprint density at radius 3 is 3.00 bits per heavy atom. The lowest BCUT2D eigenvalue weighted by atomic mass is 10.2. The molecule has 0 aliphatic carbocycles. The summed E-state index contributed by atoms with van der Waals surface area (Å²) in [4.78, 5) is 33.4. The van der Waals surface area contributed by atoms with Crippen molar-refractivity contribution in [1.82, 2.24) is 20.6 Å². The number of carbonyl (C=O) groups is 1. The topological polar surface area (TPSA) is 86.9 Å². The minimum absolute atomic E-state index is 0.148. The second-order valence-electron chi connectivity index (χ2n) is 6.06. The molecule has 6 nitrogen and oxygen atoms in total. The van der Waals surface area contributed by atoms with Crippen LogP contribution in [0.4, 0.5) is 0 Å². The molecule has 7 heteroatoms. The Morgan fingerprint density at radius 2 is 2.16 bits per heavy atom. The molecule has 128 valence electrons. The molecular weight excluding hydrogens is 336 g/mol. The molecule has 3 N–H and O–H groups in total. The smallest absolute Gasteiger partial charge is 0.261 e. The molecule has 3 aromatic rings. The predicted octanol–water partition coefficient (Wildman–Crippen LogP) is 2.34. The molecule has 0 spiro atoms. The van der Waals surface area contributed by atoms with Gasteiger partial charge in [-0.3, -0.25) is 9.59 Å². The number of thiophene rings is 1. The van der Waals surface area contributed by atoms with E-state index < -0.39 is 0 Å². The number of aromatic amines is 1. The minimum atomic E-state index is -0.194. The van der Waals surface area contributed by atoms with Crippen molar-refractivity contribution >= 4 is 28.1 Å². The number of amides is 1. The highest BCUT2D eigenvalue weighted by Crippen LogP contribution is 2.29. The SMILES string of the molecule is O=C(NCc1nc2ccccc2c(=O)[nH]1)c1ccc(C2CCCN2)s1. The number of nitrogens with zero attached hydrogens (tertiary/aromatic N) is 1. The van der Waals surface area contributed by atoms with E-state index in [1.54, 1.807) is 18.2 Å². The number of para-hydroxylation sites is 1. The van der Waals surface area contributed by atoms with Crippen LogP contribution in [0.3, 0.4) is 0 Å². The number of rotatable bonds is 4. The molecule has 1 amide bonds. The molecule has 4 rings (SSSR count). The standard InChI is InChI=1S/C18H18N4O2S/c23-17-11-4-1-2-5-12(11)21-16(22-17)10-20-18(24)15-8-7-14(25-15)13-6-3-9-19-13/h1-2,4-5,7-8,13,19H,3,6,9-10H2,(H,20,24)(H,21,22,23). The van der Waals surface area contributed by atoms with E-state index in [0.717, 1.165) is 13.0 Å². The van der Waals surface area contributed by atoms with Gasteiger partial charge in [-0.2, -0.15) is 0 Å². The Morgan fingerprint density at radius 1 is 1.28 bits per heavy atom. The lowest BCUT2D eigenvalue weighted by molar-refractivity contribution is 0.0954. The van der Waals surface area contributed by atoms with E-state index in [-0.39, 0.29) is 18.0 Å². The van der Waals surface area contributed by atoms with Gasteiger partial charge in [-0.15, -0.1) is 11.3 Å². The Kier molecular flexibility index (Phi) is 4.33. The first-order valence-electron chi connectivity index (χ1n) is 8.30. The van der Waals surface area contributed by atoms with E-state index in [0.29, 0.717) is 27.6 Å². The first-order valence-corrected chi connectivity index (χ1v) is 9.11. The second-order valence-corrected chi connectivity index (χ2v) is 7.18. The van der Waals surface area contributed by atoms with Crippen molar-refractivity contribution in [3.8, 4) is 0 Å². The quantitative estimate of drug-likeness (QED) is 0.671. The summed E-state index contributed by atoms with van der Waals surface area (Å²) in [7, 11) is 0. The van der Waals surface area contributed by atoms with E-state index >= 15 is 0 Å². The van der Waals surface area contributed by atoms with Crippen molar-refractivity contribution in [3.63, 3.8) is 0 Å². The summed E-state index contributed by atoms with van der Waals surface area (Å²) < 4.78 is 0. The van der Waals surface area contributed by atoms with Gasteiger partial charge in [0.1, 0.15) is 5.82 Å². The first-order chi connectivity index (χ1) is 12.2. The molecule has 0 saturated carbocycles. The molecule has 0 radical (unpaired) electrons. The molecule has 1 unspecified atom stereocenters. The minimum Gasteiger partial charge on any atom is -0.344 e. The zero-order valence-electron chi connectivity index (χ0n) is 13.5. The summed E-state index contributed by atoms with van der Waals surface area (Å²) in [6.07, 6.45) is 2.29. The van der Waals surface area contributed by atoms with Gasteiger partial charge in [0.2, 0.25) is 0 Å². The molecule has 1 saturated heterocycles. The zero-order chi connectivity index (χ0) is 17.2. The Hall–Kier alpha value is -2.51. The van der Waals surface area contributed by atoms with Gasteiger partial charge < -0.3 is 15.6 Å². The van der Waals surface area contributed by atoms with Crippen molar-refractivity contribution in [2.24, 2.45) is 0 Å². The third-order valence-corrected chi connectivity index (χ3v) is 5.53. The Bertz CT molecular complexity index is 972. The highest BCUT2D eigenvalue weighted by Gasteiger charge is 2.19. The first kappa shape index (κ1) is 16.0. The van der Waals surface area contributed by atoms with Crippen LogP contribution in [0.5, 0.6) is 0 Å². The monoisotopic (exact) mass is 354 g/mol. The molecule has 1 atom stereocenters. The lowest BCUT2D eigenvalue weighted by Gasteiger charge is -2.06. The highest BCUT2D eigenvalue weighted by atomic mass is 32.1. The van der Waals surface area contributed by atoms with Gasteiger partial charge in [0, 0.05) is 10.9 Å². The highest BCUT2D eigenvalue weighted by molar-refractivity contribution is 7.14. The van der Waals surface area contributed by atoms with Gasteiger partial charge in [-0.05, 0) is 43.7 Å². The molecule has 1 aliphatic rings. The number of aromatic nitrogens is 2. The van der Waals surface area contributed by atoms with Crippen LogP contribution in [0.2, 0.25) is 0 Å². The number of fused-ring (bicyclic) bond motifs is 1. The maximum Gasteiger partial charge on any atom is 0.261 e. The summed E-state index contributed by atoms with van der Waals surface area (Å²) in [6.45, 7) is 1.22. The number of H-pyrrole nitrogens is 1. The van der Waals surface area contributed by atoms with Crippen LogP contribution < -0.4 is 16.2 Å². The maximum absolute atomic E-state index is 12.4. The molecule has 1 aliphatic heterocycles. The lowest BCUT2D eigenvalue weighted by Crippen LogP contribution is -2.25. The third kappa shape index (κ3) is 3.33. The predicted molar refractivity (Wildman–Crippen MR) is 97.8 cm³/mol. The summed E-state index contributed by atoms with van der Waals surface area (Å²) in [5.74, 6) is 0.302. The molecular formula is C18H18N4O2S. The molecule has 3 heterocycles. The van der Waals surface area contributed by atoms with E-state index in [1.807, 2.05) is 18.2 Å². The van der Waals surface area contributed by atoms with Crippen molar-refractivity contribution < 1.29 is 4.79 Å². The normalized spacial score (nSPS) is 17.0. The van der Waals surface area contributed by atoms with E-state index in [1.165, 1.54) is 22.6 Å². The molecule has 2 aromatic heterocycles. The van der Waals surface area contributed by atoms with Crippen LogP contribution in [0, 0.1) is 0 Å². The van der Waals surface area contributed by atoms with Gasteiger partial charge in [-0.1, -0.05) is 12.1 Å². The number of benzene rings is 1. The average molecular weight is 354 g/mol. The fourth-order valence-electron chi connectivity index (χ4n) is 3.06. The van der Waals surface area contributed by atoms with E-state index in [4.69, 9.17) is 0 Å². The van der Waals surface area contributed by atoms with Crippen LogP contribution in [0.25, 0.3) is 10.9 Å². The molecule has 0 bridgehead atoms. The number of carbonyl (C=O) groups excluding carboxylic acids is 1. The summed E-state index contributed by atoms with van der Waals surface area (Å²) in [5.41, 5.74) is 0.432. The van der Waals surface area contributed by atoms with Crippen molar-refractivity contribution in [1.29, 1.82) is 0 Å². The van der Waals surface area contributed by atoms with Crippen LogP contribution in [0.1, 0.15) is 39.3 Å². The van der Waals surface area contributed by atoms with Gasteiger partial charge >= 0.3 is 0 Å². The molecule has 25 heavy (non-hydrogen) atoms. The molecule has 1 fully saturated rings. The van der Waals surface area contributed by atoms with Crippen LogP contribution in [-0.2, 0) is 6.54 Å². The van der Waals surface area contributed by atoms with Crippen LogP contribution in [-0.4, -0.2) is 22.4 Å². The van der Waals surface area contributed by atoms with Crippen LogP contribution >= 0.6 is 11.3 Å². The Labute approximate surface area is 148 Å². The Balaban J connectivity index is 1.46. The van der Waals surface area contributed by atoms with E-state index in [9.17, 15) is 9.59 Å². The summed E-state index contributed by atoms with van der Waals surface area (Å²) in [5, 5.41) is 6.81. The van der Waals surface area contributed by atoms with Gasteiger partial charge in [0.25, 0.3) is 11.5 Å². The number of hydrogen-bond donors (Lipinski definition) is 3. The van der Waals surface area contributed by atoms with Crippen molar-refractivity contribution in [3.05, 3.63) is 62.3 Å². The summed E-state index contributed by atoms with van der Waals surface area (Å²) in [6, 6.07) is 11.4. The van der Waals surface area contributed by atoms with Gasteiger partial charge in [0.05, 0.1) is 22.3 Å². The van der Waals surface area contributed by atoms with Crippen molar-refractivity contribution in [2.45, 2.75) is 25.4 Å². The number of hydrogen-bond acceptors (Lipinski definition) is 5. The fraction of sp³-hybridized carbons (Fsp3) is 0.278. The third-order valence-electron chi connectivity index (χ3n) is 4.33. The van der Waals surface area contributed by atoms with Crippen molar-refractivity contribution in [2.75, 3.05) is 6.54 Å². The average Bonchev–Trinajstić information content (AvgIpc) is 3.31. The zero-order valence-corrected chi connectivity index (χ0v) is 14.4. The van der Waals surface area contributed by atoms with Gasteiger partial charge in [0.15, 0.2) is 0 Å². The summed E-state index contributed by atoms with van der Waals surface area (Å²) >= 11 is 1.51. The van der Waals surface area contributed by atoms with Gasteiger partial charge in [-0.25, -0.2) is 4.98 Å². The fourth-order valence-corrected chi connectivity index (χ4v) is 4.09. The largest absolute Gasteiger partial charge is 0.344 e.